The fourth-order valence-electron chi connectivity index (χ4n) is 3.67. The molecule has 0 radical (unpaired) electrons. The zero-order valence-corrected chi connectivity index (χ0v) is 19.8. The van der Waals surface area contributed by atoms with E-state index >= 15 is 0 Å². The van der Waals surface area contributed by atoms with Gasteiger partial charge in [0.05, 0.1) is 4.92 Å². The Balaban J connectivity index is 1.85. The van der Waals surface area contributed by atoms with E-state index in [0.29, 0.717) is 24.3 Å². The number of non-ortho nitro benzene ring substituents is 1. The van der Waals surface area contributed by atoms with Crippen LogP contribution in [-0.2, 0) is 6.54 Å². The van der Waals surface area contributed by atoms with E-state index in [1.54, 1.807) is 17.0 Å². The number of amides is 2. The number of halogens is 1. The predicted octanol–water partition coefficient (Wildman–Crippen LogP) is 5.10. The zero-order valence-electron chi connectivity index (χ0n) is 19.8. The second kappa shape index (κ2) is 11.2. The van der Waals surface area contributed by atoms with Gasteiger partial charge in [-0.2, -0.15) is 0 Å². The van der Waals surface area contributed by atoms with Crippen LogP contribution in [-0.4, -0.2) is 42.3 Å². The number of carbonyl (C=O) groups is 2. The minimum Gasteiger partial charge on any atom is -0.377 e. The third-order valence-electron chi connectivity index (χ3n) is 5.39. The molecular formula is C26H27FN4O4. The van der Waals surface area contributed by atoms with E-state index in [4.69, 9.17) is 0 Å². The average Bonchev–Trinajstić information content (AvgIpc) is 2.83. The molecule has 9 heteroatoms. The Hall–Kier alpha value is -4.27. The number of hydrogen-bond acceptors (Lipinski definition) is 5. The standard InChI is InChI=1S/C26H27FN4O4/c1-4-15-30(26(33)19-5-9-21(27)10-6-19)17-20-16-22(11-14-24(20)29(2)3)28-25(32)18-7-12-23(13-8-18)31(34)35/h5-14,16H,4,15,17H2,1-3H3,(H,28,32). The van der Waals surface area contributed by atoms with Crippen molar-refractivity contribution in [2.24, 2.45) is 0 Å². The van der Waals surface area contributed by atoms with Crippen LogP contribution in [0.25, 0.3) is 0 Å². The topological polar surface area (TPSA) is 95.8 Å². The molecule has 0 saturated carbocycles. The van der Waals surface area contributed by atoms with Gasteiger partial charge in [-0.25, -0.2) is 4.39 Å². The molecule has 0 aliphatic carbocycles. The lowest BCUT2D eigenvalue weighted by atomic mass is 10.1. The van der Waals surface area contributed by atoms with Crippen LogP contribution in [0.4, 0.5) is 21.5 Å². The maximum Gasteiger partial charge on any atom is 0.269 e. The van der Waals surface area contributed by atoms with Crippen LogP contribution >= 0.6 is 0 Å². The smallest absolute Gasteiger partial charge is 0.269 e. The molecule has 0 aliphatic heterocycles. The molecule has 0 heterocycles. The lowest BCUT2D eigenvalue weighted by molar-refractivity contribution is -0.384. The number of rotatable bonds is 9. The molecule has 0 aliphatic rings. The number of nitrogens with zero attached hydrogens (tertiary/aromatic N) is 3. The van der Waals surface area contributed by atoms with E-state index in [1.165, 1.54) is 48.5 Å². The van der Waals surface area contributed by atoms with Gasteiger partial charge in [0.2, 0.25) is 0 Å². The highest BCUT2D eigenvalue weighted by molar-refractivity contribution is 6.04. The summed E-state index contributed by atoms with van der Waals surface area (Å²) in [5, 5.41) is 13.7. The molecule has 0 saturated heterocycles. The summed E-state index contributed by atoms with van der Waals surface area (Å²) < 4.78 is 13.3. The van der Waals surface area contributed by atoms with Crippen molar-refractivity contribution in [3.8, 4) is 0 Å². The first-order chi connectivity index (χ1) is 16.7. The molecule has 0 spiro atoms. The molecule has 3 rings (SSSR count). The summed E-state index contributed by atoms with van der Waals surface area (Å²) >= 11 is 0. The number of carbonyl (C=O) groups excluding carboxylic acids is 2. The Labute approximate surface area is 203 Å². The maximum atomic E-state index is 13.3. The summed E-state index contributed by atoms with van der Waals surface area (Å²) in [5.41, 5.74) is 2.81. The highest BCUT2D eigenvalue weighted by atomic mass is 19.1. The average molecular weight is 479 g/mol. The first-order valence-electron chi connectivity index (χ1n) is 11.1. The highest BCUT2D eigenvalue weighted by Gasteiger charge is 2.19. The molecule has 3 aromatic rings. The summed E-state index contributed by atoms with van der Waals surface area (Å²) in [5.74, 6) is -1.02. The fourth-order valence-corrected chi connectivity index (χ4v) is 3.67. The third-order valence-corrected chi connectivity index (χ3v) is 5.39. The van der Waals surface area contributed by atoms with Gasteiger partial charge in [-0.15, -0.1) is 0 Å². The van der Waals surface area contributed by atoms with Crippen molar-refractivity contribution in [1.82, 2.24) is 4.90 Å². The van der Waals surface area contributed by atoms with Gasteiger partial charge in [0, 0.05) is 61.8 Å². The number of benzene rings is 3. The number of nitro groups is 1. The molecule has 0 unspecified atom stereocenters. The van der Waals surface area contributed by atoms with E-state index in [1.807, 2.05) is 32.0 Å². The number of anilines is 2. The van der Waals surface area contributed by atoms with Crippen molar-refractivity contribution in [2.75, 3.05) is 30.9 Å². The molecular weight excluding hydrogens is 451 g/mol. The Kier molecular flexibility index (Phi) is 8.14. The number of hydrogen-bond donors (Lipinski definition) is 1. The summed E-state index contributed by atoms with van der Waals surface area (Å²) in [7, 11) is 3.78. The second-order valence-electron chi connectivity index (χ2n) is 8.23. The Morgan fingerprint density at radius 2 is 1.60 bits per heavy atom. The minimum absolute atomic E-state index is 0.0963. The molecule has 0 bridgehead atoms. The van der Waals surface area contributed by atoms with Gasteiger partial charge >= 0.3 is 0 Å². The Morgan fingerprint density at radius 1 is 0.971 bits per heavy atom. The van der Waals surface area contributed by atoms with Crippen molar-refractivity contribution >= 4 is 28.9 Å². The van der Waals surface area contributed by atoms with Crippen LogP contribution in [0, 0.1) is 15.9 Å². The van der Waals surface area contributed by atoms with Gasteiger partial charge in [-0.1, -0.05) is 6.92 Å². The summed E-state index contributed by atoms with van der Waals surface area (Å²) in [6, 6.07) is 16.2. The Morgan fingerprint density at radius 3 is 2.17 bits per heavy atom. The monoisotopic (exact) mass is 478 g/mol. The minimum atomic E-state index is -0.525. The van der Waals surface area contributed by atoms with Gasteiger partial charge < -0.3 is 15.1 Å². The summed E-state index contributed by atoms with van der Waals surface area (Å²) in [6.45, 7) is 2.76. The molecule has 1 N–H and O–H groups in total. The van der Waals surface area contributed by atoms with Crippen LogP contribution in [0.5, 0.6) is 0 Å². The van der Waals surface area contributed by atoms with Gasteiger partial charge in [-0.3, -0.25) is 19.7 Å². The molecule has 2 amide bonds. The van der Waals surface area contributed by atoms with Crippen molar-refractivity contribution < 1.29 is 18.9 Å². The first-order valence-corrected chi connectivity index (χ1v) is 11.1. The normalized spacial score (nSPS) is 10.5. The molecule has 8 nitrogen and oxygen atoms in total. The maximum absolute atomic E-state index is 13.3. The molecule has 0 aromatic heterocycles. The van der Waals surface area contributed by atoms with Crippen LogP contribution < -0.4 is 10.2 Å². The molecule has 35 heavy (non-hydrogen) atoms. The molecule has 0 fully saturated rings. The van der Waals surface area contributed by atoms with Gasteiger partial charge in [0.25, 0.3) is 17.5 Å². The van der Waals surface area contributed by atoms with E-state index in [9.17, 15) is 24.1 Å². The van der Waals surface area contributed by atoms with Crippen LogP contribution in [0.15, 0.2) is 66.7 Å². The predicted molar refractivity (Wildman–Crippen MR) is 133 cm³/mol. The van der Waals surface area contributed by atoms with E-state index < -0.39 is 16.6 Å². The van der Waals surface area contributed by atoms with Crippen molar-refractivity contribution in [3.05, 3.63) is 99.4 Å². The van der Waals surface area contributed by atoms with Gasteiger partial charge in [0.15, 0.2) is 0 Å². The zero-order chi connectivity index (χ0) is 25.5. The molecule has 182 valence electrons. The Bertz CT molecular complexity index is 1210. The summed E-state index contributed by atoms with van der Waals surface area (Å²) in [6.07, 6.45) is 0.737. The lowest BCUT2D eigenvalue weighted by Gasteiger charge is -2.26. The number of nitrogens with one attached hydrogen (secondary N) is 1. The van der Waals surface area contributed by atoms with Crippen LogP contribution in [0.2, 0.25) is 0 Å². The fraction of sp³-hybridized carbons (Fsp3) is 0.231. The van der Waals surface area contributed by atoms with Gasteiger partial charge in [-0.05, 0) is 66.6 Å². The van der Waals surface area contributed by atoms with E-state index in [-0.39, 0.29) is 17.2 Å². The van der Waals surface area contributed by atoms with Crippen molar-refractivity contribution in [1.29, 1.82) is 0 Å². The van der Waals surface area contributed by atoms with E-state index in [0.717, 1.165) is 17.7 Å². The van der Waals surface area contributed by atoms with Gasteiger partial charge in [0.1, 0.15) is 5.82 Å². The summed E-state index contributed by atoms with van der Waals surface area (Å²) in [4.78, 5) is 39.7. The largest absolute Gasteiger partial charge is 0.377 e. The molecule has 3 aromatic carbocycles. The SMILES string of the molecule is CCCN(Cc1cc(NC(=O)c2ccc([N+](=O)[O-])cc2)ccc1N(C)C)C(=O)c1ccc(F)cc1. The van der Waals surface area contributed by atoms with Crippen molar-refractivity contribution in [3.63, 3.8) is 0 Å². The van der Waals surface area contributed by atoms with Crippen LogP contribution in [0.3, 0.4) is 0 Å². The highest BCUT2D eigenvalue weighted by Crippen LogP contribution is 2.26. The van der Waals surface area contributed by atoms with E-state index in [2.05, 4.69) is 5.32 Å². The molecule has 0 atom stereocenters. The third kappa shape index (κ3) is 6.41. The number of nitro benzene ring substituents is 1. The first kappa shape index (κ1) is 25.4. The van der Waals surface area contributed by atoms with Crippen molar-refractivity contribution in [2.45, 2.75) is 19.9 Å². The quantitative estimate of drug-likeness (QED) is 0.341. The van der Waals surface area contributed by atoms with Crippen LogP contribution in [0.1, 0.15) is 39.6 Å². The second-order valence-corrected chi connectivity index (χ2v) is 8.23. The lowest BCUT2D eigenvalue weighted by Crippen LogP contribution is -2.32.